The number of phenols is 1. The monoisotopic (exact) mass is 420 g/mol. The molecule has 0 aliphatic carbocycles. The van der Waals surface area contributed by atoms with Gasteiger partial charge in [-0.05, 0) is 61.7 Å². The fourth-order valence-electron chi connectivity index (χ4n) is 3.34. The van der Waals surface area contributed by atoms with Crippen molar-refractivity contribution in [3.63, 3.8) is 0 Å². The van der Waals surface area contributed by atoms with Crippen LogP contribution in [0.5, 0.6) is 11.5 Å². The van der Waals surface area contributed by atoms with Gasteiger partial charge in [0.15, 0.2) is 0 Å². The second-order valence-corrected chi connectivity index (χ2v) is 9.22. The Morgan fingerprint density at radius 1 is 1.07 bits per heavy atom. The summed E-state index contributed by atoms with van der Waals surface area (Å²) in [5.41, 5.74) is 0. The Bertz CT molecular complexity index is 850. The van der Waals surface area contributed by atoms with E-state index in [-0.39, 0.29) is 12.4 Å². The highest BCUT2D eigenvalue weighted by atomic mass is 32.2. The van der Waals surface area contributed by atoms with E-state index in [4.69, 9.17) is 4.74 Å². The quantitative estimate of drug-likeness (QED) is 0.572. The van der Waals surface area contributed by atoms with Crippen molar-refractivity contribution in [3.8, 4) is 11.5 Å². The molecule has 7 nitrogen and oxygen atoms in total. The Balaban J connectivity index is 1.35. The molecule has 0 radical (unpaired) electrons. The van der Waals surface area contributed by atoms with Crippen LogP contribution in [0.4, 0.5) is 0 Å². The van der Waals surface area contributed by atoms with Gasteiger partial charge in [0, 0.05) is 19.6 Å². The Hall–Kier alpha value is -2.13. The molecule has 29 heavy (non-hydrogen) atoms. The summed E-state index contributed by atoms with van der Waals surface area (Å²) >= 11 is 0. The number of sulfonamides is 1. The highest BCUT2D eigenvalue weighted by molar-refractivity contribution is 7.89. The van der Waals surface area contributed by atoms with E-state index in [2.05, 4.69) is 5.32 Å². The van der Waals surface area contributed by atoms with Crippen LogP contribution < -0.4 is 10.1 Å². The summed E-state index contributed by atoms with van der Waals surface area (Å²) in [6, 6.07) is 14.9. The smallest absolute Gasteiger partial charge is 0.243 e. The fourth-order valence-corrected chi connectivity index (χ4v) is 4.83. The topological polar surface area (TPSA) is 99.1 Å². The summed E-state index contributed by atoms with van der Waals surface area (Å²) in [5, 5.41) is 22.5. The van der Waals surface area contributed by atoms with Crippen molar-refractivity contribution in [3.05, 3.63) is 54.6 Å². The molecule has 1 aliphatic heterocycles. The van der Waals surface area contributed by atoms with Crippen molar-refractivity contribution < 1.29 is 23.4 Å². The first-order valence-corrected chi connectivity index (χ1v) is 11.2. The molecule has 2 aromatic carbocycles. The molecule has 0 saturated carbocycles. The van der Waals surface area contributed by atoms with Crippen LogP contribution >= 0.6 is 0 Å². The molecule has 0 unspecified atom stereocenters. The maximum Gasteiger partial charge on any atom is 0.243 e. The molecular formula is C21H28N2O5S. The number of ether oxygens (including phenoxy) is 1. The maximum absolute atomic E-state index is 12.7. The number of nitrogens with zero attached hydrogens (tertiary/aromatic N) is 1. The minimum absolute atomic E-state index is 0.158. The third-order valence-corrected chi connectivity index (χ3v) is 6.96. The maximum atomic E-state index is 12.7. The van der Waals surface area contributed by atoms with E-state index in [0.717, 1.165) is 19.4 Å². The first-order valence-electron chi connectivity index (χ1n) is 9.81. The van der Waals surface area contributed by atoms with Gasteiger partial charge in [-0.3, -0.25) is 0 Å². The summed E-state index contributed by atoms with van der Waals surface area (Å²) in [6.45, 7) is 2.31. The lowest BCUT2D eigenvalue weighted by Crippen LogP contribution is -2.42. The molecule has 1 aliphatic rings. The van der Waals surface area contributed by atoms with Crippen molar-refractivity contribution >= 4 is 10.0 Å². The van der Waals surface area contributed by atoms with E-state index in [9.17, 15) is 18.6 Å². The normalized spacial score (nSPS) is 17.1. The van der Waals surface area contributed by atoms with Gasteiger partial charge in [-0.2, -0.15) is 4.31 Å². The van der Waals surface area contributed by atoms with Crippen molar-refractivity contribution in [1.82, 2.24) is 9.62 Å². The minimum atomic E-state index is -3.42. The van der Waals surface area contributed by atoms with Gasteiger partial charge in [0.25, 0.3) is 0 Å². The molecule has 0 aromatic heterocycles. The minimum Gasteiger partial charge on any atom is -0.508 e. The van der Waals surface area contributed by atoms with E-state index in [1.165, 1.54) is 12.1 Å². The average molecular weight is 421 g/mol. The lowest BCUT2D eigenvalue weighted by Gasteiger charge is -2.31. The van der Waals surface area contributed by atoms with Crippen LogP contribution in [0.25, 0.3) is 0 Å². The van der Waals surface area contributed by atoms with E-state index in [1.54, 1.807) is 46.8 Å². The van der Waals surface area contributed by atoms with Crippen molar-refractivity contribution in [1.29, 1.82) is 0 Å². The Morgan fingerprint density at radius 3 is 2.38 bits per heavy atom. The second-order valence-electron chi connectivity index (χ2n) is 7.28. The molecule has 1 heterocycles. The zero-order valence-corrected chi connectivity index (χ0v) is 17.1. The number of nitrogens with one attached hydrogen (secondary N) is 1. The molecule has 0 bridgehead atoms. The van der Waals surface area contributed by atoms with E-state index in [1.807, 2.05) is 0 Å². The number of hydrogen-bond acceptors (Lipinski definition) is 6. The first kappa shape index (κ1) is 21.6. The molecule has 1 saturated heterocycles. The van der Waals surface area contributed by atoms with Gasteiger partial charge in [0.05, 0.1) is 4.90 Å². The summed E-state index contributed by atoms with van der Waals surface area (Å²) < 4.78 is 32.3. The molecule has 1 atom stereocenters. The van der Waals surface area contributed by atoms with Gasteiger partial charge in [-0.1, -0.05) is 18.2 Å². The summed E-state index contributed by atoms with van der Waals surface area (Å²) in [6.07, 6.45) is 0.931. The van der Waals surface area contributed by atoms with Crippen molar-refractivity contribution in [2.24, 2.45) is 5.92 Å². The van der Waals surface area contributed by atoms with Crippen LogP contribution in [0, 0.1) is 5.92 Å². The highest BCUT2D eigenvalue weighted by Crippen LogP contribution is 2.23. The average Bonchev–Trinajstić information content (AvgIpc) is 2.74. The number of aliphatic hydroxyl groups excluding tert-OH is 1. The number of hydrogen-bond donors (Lipinski definition) is 3. The number of rotatable bonds is 9. The lowest BCUT2D eigenvalue weighted by molar-refractivity contribution is 0.104. The molecule has 3 N–H and O–H groups in total. The summed E-state index contributed by atoms with van der Waals surface area (Å²) in [4.78, 5) is 0.341. The summed E-state index contributed by atoms with van der Waals surface area (Å²) in [5.74, 6) is 1.14. The lowest BCUT2D eigenvalue weighted by atomic mass is 9.98. The number of piperidine rings is 1. The van der Waals surface area contributed by atoms with Gasteiger partial charge < -0.3 is 20.3 Å². The van der Waals surface area contributed by atoms with Gasteiger partial charge in [0.1, 0.15) is 24.2 Å². The fraction of sp³-hybridized carbons (Fsp3) is 0.429. The van der Waals surface area contributed by atoms with Crippen LogP contribution in [0.3, 0.4) is 0 Å². The van der Waals surface area contributed by atoms with Crippen LogP contribution in [0.15, 0.2) is 59.5 Å². The van der Waals surface area contributed by atoms with E-state index in [0.29, 0.717) is 36.2 Å². The van der Waals surface area contributed by atoms with Crippen molar-refractivity contribution in [2.75, 3.05) is 32.8 Å². The zero-order chi connectivity index (χ0) is 20.7. The van der Waals surface area contributed by atoms with Crippen molar-refractivity contribution in [2.45, 2.75) is 23.8 Å². The zero-order valence-electron chi connectivity index (χ0n) is 16.3. The predicted molar refractivity (Wildman–Crippen MR) is 110 cm³/mol. The van der Waals surface area contributed by atoms with Gasteiger partial charge in [0.2, 0.25) is 10.0 Å². The molecule has 0 spiro atoms. The van der Waals surface area contributed by atoms with Gasteiger partial charge >= 0.3 is 0 Å². The van der Waals surface area contributed by atoms with Crippen LogP contribution in [0.1, 0.15) is 12.8 Å². The molecule has 3 rings (SSSR count). The standard InChI is InChI=1S/C21H28N2O5S/c24-18-6-8-20(9-7-18)28-16-19(25)15-22-14-17-10-12-23(13-11-17)29(26,27)21-4-2-1-3-5-21/h1-9,17,19,22,24-25H,10-16H2/t19-/m1/s1. The van der Waals surface area contributed by atoms with Crippen LogP contribution in [0.2, 0.25) is 0 Å². The van der Waals surface area contributed by atoms with E-state index >= 15 is 0 Å². The Kier molecular flexibility index (Phi) is 7.49. The van der Waals surface area contributed by atoms with Gasteiger partial charge in [-0.25, -0.2) is 8.42 Å². The molecule has 2 aromatic rings. The molecule has 0 amide bonds. The number of benzene rings is 2. The third kappa shape index (κ3) is 6.17. The number of phenolic OH excluding ortho intramolecular Hbond substituents is 1. The molecular weight excluding hydrogens is 392 g/mol. The first-order chi connectivity index (χ1) is 13.9. The molecule has 1 fully saturated rings. The molecule has 8 heteroatoms. The van der Waals surface area contributed by atoms with Crippen LogP contribution in [-0.2, 0) is 10.0 Å². The SMILES string of the molecule is O=S(=O)(c1ccccc1)N1CCC(CNC[C@@H](O)COc2ccc(O)cc2)CC1. The molecule has 158 valence electrons. The number of aromatic hydroxyl groups is 1. The van der Waals surface area contributed by atoms with Gasteiger partial charge in [-0.15, -0.1) is 0 Å². The second kappa shape index (κ2) is 10.1. The summed E-state index contributed by atoms with van der Waals surface area (Å²) in [7, 11) is -3.42. The predicted octanol–water partition coefficient (Wildman–Crippen LogP) is 1.82. The van der Waals surface area contributed by atoms with Crippen LogP contribution in [-0.4, -0.2) is 61.8 Å². The van der Waals surface area contributed by atoms with E-state index < -0.39 is 16.1 Å². The Labute approximate surface area is 172 Å². The third-order valence-electron chi connectivity index (χ3n) is 5.05. The Morgan fingerprint density at radius 2 is 1.72 bits per heavy atom. The highest BCUT2D eigenvalue weighted by Gasteiger charge is 2.29. The number of aliphatic hydroxyl groups is 1. The largest absolute Gasteiger partial charge is 0.508 e.